The van der Waals surface area contributed by atoms with Crippen molar-refractivity contribution in [3.05, 3.63) is 17.9 Å². The first-order chi connectivity index (χ1) is 10.0. The van der Waals surface area contributed by atoms with Gasteiger partial charge in [-0.25, -0.2) is 4.39 Å². The Balaban J connectivity index is 2.20. The Bertz CT molecular complexity index is 481. The molecule has 0 spiro atoms. The summed E-state index contributed by atoms with van der Waals surface area (Å²) in [7, 11) is 4.15. The van der Waals surface area contributed by atoms with Crippen LogP contribution in [0.3, 0.4) is 0 Å². The van der Waals surface area contributed by atoms with E-state index in [2.05, 4.69) is 16.8 Å². The SMILES string of the molecule is CCCOc1cc(N(C)C2CCCN(C)C2)c(N)cc1F. The number of hydrogen-bond acceptors (Lipinski definition) is 4. The van der Waals surface area contributed by atoms with E-state index in [4.69, 9.17) is 10.5 Å². The van der Waals surface area contributed by atoms with Gasteiger partial charge >= 0.3 is 0 Å². The second-order valence-electron chi connectivity index (χ2n) is 5.86. The minimum atomic E-state index is -0.390. The van der Waals surface area contributed by atoms with Gasteiger partial charge < -0.3 is 20.3 Å². The van der Waals surface area contributed by atoms with E-state index in [-0.39, 0.29) is 11.6 Å². The van der Waals surface area contributed by atoms with E-state index < -0.39 is 0 Å². The Hall–Kier alpha value is -1.49. The molecule has 21 heavy (non-hydrogen) atoms. The van der Waals surface area contributed by atoms with Crippen LogP contribution in [0.5, 0.6) is 5.75 Å². The number of ether oxygens (including phenoxy) is 1. The van der Waals surface area contributed by atoms with E-state index in [1.807, 2.05) is 14.0 Å². The number of nitrogens with zero attached hydrogens (tertiary/aromatic N) is 2. The van der Waals surface area contributed by atoms with Crippen LogP contribution in [0.1, 0.15) is 26.2 Å². The summed E-state index contributed by atoms with van der Waals surface area (Å²) in [6.45, 7) is 4.64. The number of likely N-dealkylation sites (tertiary alicyclic amines) is 1. The molecule has 1 aromatic rings. The molecule has 2 rings (SSSR count). The quantitative estimate of drug-likeness (QED) is 0.848. The lowest BCUT2D eigenvalue weighted by atomic mass is 10.0. The first kappa shape index (κ1) is 15.9. The van der Waals surface area contributed by atoms with Gasteiger partial charge in [-0.2, -0.15) is 0 Å². The number of likely N-dealkylation sites (N-methyl/N-ethyl adjacent to an activating group) is 2. The summed E-state index contributed by atoms with van der Waals surface area (Å²) in [6, 6.07) is 3.49. The van der Waals surface area contributed by atoms with E-state index in [0.29, 0.717) is 18.3 Å². The van der Waals surface area contributed by atoms with Crippen LogP contribution in [0.4, 0.5) is 15.8 Å². The van der Waals surface area contributed by atoms with Gasteiger partial charge in [-0.15, -0.1) is 0 Å². The van der Waals surface area contributed by atoms with Crippen molar-refractivity contribution in [2.75, 3.05) is 44.4 Å². The van der Waals surface area contributed by atoms with Crippen molar-refractivity contribution in [1.29, 1.82) is 0 Å². The van der Waals surface area contributed by atoms with Gasteiger partial charge in [0.25, 0.3) is 0 Å². The summed E-state index contributed by atoms with van der Waals surface area (Å²) >= 11 is 0. The van der Waals surface area contributed by atoms with Gasteiger partial charge in [0.05, 0.1) is 18.0 Å². The van der Waals surface area contributed by atoms with Gasteiger partial charge in [0.2, 0.25) is 0 Å². The smallest absolute Gasteiger partial charge is 0.167 e. The normalized spacial score (nSPS) is 19.5. The van der Waals surface area contributed by atoms with Crippen LogP contribution in [-0.2, 0) is 0 Å². The van der Waals surface area contributed by atoms with Gasteiger partial charge in [0.1, 0.15) is 0 Å². The average Bonchev–Trinajstić information content (AvgIpc) is 2.46. The molecule has 1 fully saturated rings. The maximum absolute atomic E-state index is 13.9. The van der Waals surface area contributed by atoms with Gasteiger partial charge in [0.15, 0.2) is 11.6 Å². The highest BCUT2D eigenvalue weighted by molar-refractivity contribution is 5.70. The largest absolute Gasteiger partial charge is 0.490 e. The third kappa shape index (κ3) is 3.79. The number of anilines is 2. The monoisotopic (exact) mass is 295 g/mol. The minimum Gasteiger partial charge on any atom is -0.490 e. The van der Waals surface area contributed by atoms with E-state index in [1.54, 1.807) is 6.07 Å². The van der Waals surface area contributed by atoms with Crippen molar-refractivity contribution in [3.8, 4) is 5.75 Å². The molecule has 1 heterocycles. The summed E-state index contributed by atoms with van der Waals surface area (Å²) in [4.78, 5) is 4.47. The van der Waals surface area contributed by atoms with Crippen molar-refractivity contribution >= 4 is 11.4 Å². The van der Waals surface area contributed by atoms with E-state index in [1.165, 1.54) is 12.5 Å². The third-order valence-corrected chi connectivity index (χ3v) is 4.07. The fraction of sp³-hybridized carbons (Fsp3) is 0.625. The van der Waals surface area contributed by atoms with Crippen molar-refractivity contribution in [3.63, 3.8) is 0 Å². The summed E-state index contributed by atoms with van der Waals surface area (Å²) in [6.07, 6.45) is 3.15. The van der Waals surface area contributed by atoms with E-state index >= 15 is 0 Å². The molecule has 1 atom stereocenters. The zero-order valence-electron chi connectivity index (χ0n) is 13.2. The zero-order chi connectivity index (χ0) is 15.4. The molecule has 1 aliphatic rings. The van der Waals surface area contributed by atoms with Gasteiger partial charge in [-0.1, -0.05) is 6.92 Å². The topological polar surface area (TPSA) is 41.7 Å². The van der Waals surface area contributed by atoms with Gasteiger partial charge in [0, 0.05) is 31.8 Å². The van der Waals surface area contributed by atoms with Crippen LogP contribution < -0.4 is 15.4 Å². The maximum atomic E-state index is 13.9. The van der Waals surface area contributed by atoms with Crippen LogP contribution in [0, 0.1) is 5.82 Å². The highest BCUT2D eigenvalue weighted by atomic mass is 19.1. The first-order valence-corrected chi connectivity index (χ1v) is 7.66. The third-order valence-electron chi connectivity index (χ3n) is 4.07. The second-order valence-corrected chi connectivity index (χ2v) is 5.86. The first-order valence-electron chi connectivity index (χ1n) is 7.66. The lowest BCUT2D eigenvalue weighted by molar-refractivity contribution is 0.248. The van der Waals surface area contributed by atoms with Crippen LogP contribution >= 0.6 is 0 Å². The van der Waals surface area contributed by atoms with E-state index in [9.17, 15) is 4.39 Å². The molecule has 1 unspecified atom stereocenters. The number of hydrogen-bond donors (Lipinski definition) is 1. The number of piperidine rings is 1. The molecule has 0 aromatic heterocycles. The predicted octanol–water partition coefficient (Wildman–Crippen LogP) is 2.73. The molecule has 0 amide bonds. The molecule has 1 aliphatic heterocycles. The van der Waals surface area contributed by atoms with Crippen molar-refractivity contribution in [1.82, 2.24) is 4.90 Å². The minimum absolute atomic E-state index is 0.289. The van der Waals surface area contributed by atoms with Crippen molar-refractivity contribution in [2.24, 2.45) is 0 Å². The molecule has 1 aromatic carbocycles. The molecular weight excluding hydrogens is 269 g/mol. The summed E-state index contributed by atoms with van der Waals surface area (Å²) in [5, 5.41) is 0. The van der Waals surface area contributed by atoms with Crippen LogP contribution in [0.15, 0.2) is 12.1 Å². The number of halogens is 1. The Labute approximate surface area is 126 Å². The van der Waals surface area contributed by atoms with Gasteiger partial charge in [-0.05, 0) is 32.9 Å². The lowest BCUT2D eigenvalue weighted by Crippen LogP contribution is -2.45. The fourth-order valence-electron chi connectivity index (χ4n) is 2.84. The molecular formula is C16H26FN3O. The van der Waals surface area contributed by atoms with Crippen LogP contribution in [-0.4, -0.2) is 44.7 Å². The summed E-state index contributed by atoms with van der Waals surface area (Å²) < 4.78 is 19.4. The fourth-order valence-corrected chi connectivity index (χ4v) is 2.84. The Morgan fingerprint density at radius 2 is 2.24 bits per heavy atom. The van der Waals surface area contributed by atoms with E-state index in [0.717, 1.165) is 31.6 Å². The Morgan fingerprint density at radius 3 is 2.90 bits per heavy atom. The lowest BCUT2D eigenvalue weighted by Gasteiger charge is -2.37. The van der Waals surface area contributed by atoms with Crippen LogP contribution in [0.2, 0.25) is 0 Å². The van der Waals surface area contributed by atoms with Crippen molar-refractivity contribution in [2.45, 2.75) is 32.2 Å². The highest BCUT2D eigenvalue weighted by Crippen LogP contribution is 2.32. The number of rotatable bonds is 5. The molecule has 4 nitrogen and oxygen atoms in total. The number of nitrogen functional groups attached to an aromatic ring is 1. The molecule has 1 saturated heterocycles. The second kappa shape index (κ2) is 6.98. The van der Waals surface area contributed by atoms with Crippen molar-refractivity contribution < 1.29 is 9.13 Å². The highest BCUT2D eigenvalue weighted by Gasteiger charge is 2.23. The standard InChI is InChI=1S/C16H26FN3O/c1-4-8-21-16-10-15(14(18)9-13(16)17)20(3)12-6-5-7-19(2)11-12/h9-10,12H,4-8,11,18H2,1-3H3. The average molecular weight is 295 g/mol. The zero-order valence-corrected chi connectivity index (χ0v) is 13.2. The van der Waals surface area contributed by atoms with Crippen LogP contribution in [0.25, 0.3) is 0 Å². The van der Waals surface area contributed by atoms with Gasteiger partial charge in [-0.3, -0.25) is 0 Å². The molecule has 2 N–H and O–H groups in total. The maximum Gasteiger partial charge on any atom is 0.167 e. The molecule has 118 valence electrons. The molecule has 0 aliphatic carbocycles. The number of benzene rings is 1. The molecule has 5 heteroatoms. The Kier molecular flexibility index (Phi) is 5.28. The predicted molar refractivity (Wildman–Crippen MR) is 85.5 cm³/mol. The molecule has 0 saturated carbocycles. The molecule has 0 radical (unpaired) electrons. The summed E-state index contributed by atoms with van der Waals surface area (Å²) in [5.74, 6) is -0.101. The summed E-state index contributed by atoms with van der Waals surface area (Å²) in [5.41, 5.74) is 7.33. The number of nitrogens with two attached hydrogens (primary N) is 1. The molecule has 0 bridgehead atoms. The Morgan fingerprint density at radius 1 is 1.48 bits per heavy atom.